The highest BCUT2D eigenvalue weighted by Crippen LogP contribution is 2.51. The maximum atomic E-state index is 13.5. The van der Waals surface area contributed by atoms with Gasteiger partial charge in [-0.05, 0) is 44.9 Å². The molecule has 0 radical (unpaired) electrons. The summed E-state index contributed by atoms with van der Waals surface area (Å²) in [6, 6.07) is 8.34. The van der Waals surface area contributed by atoms with Gasteiger partial charge in [0.1, 0.15) is 29.4 Å². The highest BCUT2D eigenvalue weighted by molar-refractivity contribution is 7.54. The first-order valence-electron chi connectivity index (χ1n) is 10.5. The summed E-state index contributed by atoms with van der Waals surface area (Å²) >= 11 is 0. The number of carbonyl (C=O) groups is 2. The van der Waals surface area contributed by atoms with Gasteiger partial charge in [-0.25, -0.2) is 14.2 Å². The van der Waals surface area contributed by atoms with E-state index in [1.807, 2.05) is 0 Å². The number of carboxylic acid groups (broad SMARTS) is 1. The number of methoxy groups -OCH3 is 1. The molecule has 0 aliphatic carbocycles. The van der Waals surface area contributed by atoms with Crippen LogP contribution < -0.4 is 9.26 Å². The summed E-state index contributed by atoms with van der Waals surface area (Å²) in [7, 11) is -2.44. The molecule has 182 valence electrons. The average Bonchev–Trinajstić information content (AvgIpc) is 3.17. The number of benzene rings is 2. The van der Waals surface area contributed by atoms with E-state index in [1.54, 1.807) is 50.3 Å². The third-order valence-electron chi connectivity index (χ3n) is 5.40. The summed E-state index contributed by atoms with van der Waals surface area (Å²) in [5, 5.41) is 20.0. The molecule has 0 amide bonds. The Bertz CT molecular complexity index is 1170. The summed E-state index contributed by atoms with van der Waals surface area (Å²) in [5.74, 6) is -1.38. The van der Waals surface area contributed by atoms with Crippen LogP contribution >= 0.6 is 7.60 Å². The molecule has 2 aromatic carbocycles. The number of allylic oxidation sites excluding steroid dienone is 2. The number of hydrogen-bond donors (Lipinski definition) is 2. The number of para-hydroxylation sites is 1. The first-order chi connectivity index (χ1) is 16.1. The van der Waals surface area contributed by atoms with Crippen LogP contribution in [0.5, 0.6) is 17.2 Å². The lowest BCUT2D eigenvalue weighted by Crippen LogP contribution is -2.21. The van der Waals surface area contributed by atoms with E-state index in [-0.39, 0.29) is 36.3 Å². The van der Waals surface area contributed by atoms with Crippen LogP contribution in [0.15, 0.2) is 42.0 Å². The van der Waals surface area contributed by atoms with Crippen LogP contribution in [0.1, 0.15) is 40.9 Å². The molecule has 0 aromatic heterocycles. The van der Waals surface area contributed by atoms with Crippen LogP contribution in [0, 0.1) is 6.92 Å². The Hall–Kier alpha value is -3.29. The van der Waals surface area contributed by atoms with Crippen molar-refractivity contribution >= 4 is 19.5 Å². The number of ether oxygens (including phenoxy) is 2. The van der Waals surface area contributed by atoms with Gasteiger partial charge in [0.15, 0.2) is 6.10 Å². The van der Waals surface area contributed by atoms with Gasteiger partial charge < -0.3 is 24.2 Å². The summed E-state index contributed by atoms with van der Waals surface area (Å²) < 4.78 is 35.0. The summed E-state index contributed by atoms with van der Waals surface area (Å²) in [4.78, 5) is 23.4. The number of fused-ring (bicyclic) bond motifs is 1. The molecule has 1 aliphatic heterocycles. The number of rotatable bonds is 10. The van der Waals surface area contributed by atoms with Gasteiger partial charge >= 0.3 is 19.5 Å². The van der Waals surface area contributed by atoms with Crippen molar-refractivity contribution in [1.82, 2.24) is 0 Å². The monoisotopic (exact) mass is 490 g/mol. The average molecular weight is 490 g/mol. The smallest absolute Gasteiger partial charge is 0.384 e. The van der Waals surface area contributed by atoms with E-state index in [1.165, 1.54) is 14.0 Å². The first-order valence-corrected chi connectivity index (χ1v) is 12.3. The quantitative estimate of drug-likeness (QED) is 0.278. The maximum absolute atomic E-state index is 13.5. The topological polar surface area (TPSA) is 129 Å². The van der Waals surface area contributed by atoms with Gasteiger partial charge in [0.2, 0.25) is 0 Å². The largest absolute Gasteiger partial charge is 0.507 e. The van der Waals surface area contributed by atoms with E-state index >= 15 is 0 Å². The van der Waals surface area contributed by atoms with Crippen LogP contribution in [-0.2, 0) is 31.6 Å². The van der Waals surface area contributed by atoms with Gasteiger partial charge in [0, 0.05) is 11.1 Å². The fourth-order valence-electron chi connectivity index (χ4n) is 3.69. The number of phenols is 1. The summed E-state index contributed by atoms with van der Waals surface area (Å²) in [6.07, 6.45) is 0.313. The molecule has 0 saturated carbocycles. The van der Waals surface area contributed by atoms with Crippen LogP contribution in [-0.4, -0.2) is 41.5 Å². The van der Waals surface area contributed by atoms with Crippen LogP contribution in [0.2, 0.25) is 0 Å². The molecular formula is C24H27O9P. The van der Waals surface area contributed by atoms with Gasteiger partial charge in [0.25, 0.3) is 0 Å². The molecule has 2 aromatic rings. The predicted octanol–water partition coefficient (Wildman–Crippen LogP) is 4.63. The molecule has 1 aliphatic rings. The number of carboxylic acids is 1. The SMILES string of the molecule is COc1c(C)c2c(c(O)c1C/C=C(\C)CP(=O)(Oc1ccccc1)O[C@@H](C)C(=O)O)C(=O)OC2. The van der Waals surface area contributed by atoms with E-state index in [2.05, 4.69) is 0 Å². The Balaban J connectivity index is 1.89. The second kappa shape index (κ2) is 10.3. The van der Waals surface area contributed by atoms with E-state index in [4.69, 9.17) is 18.5 Å². The zero-order valence-corrected chi connectivity index (χ0v) is 20.3. The molecule has 10 heteroatoms. The molecule has 34 heavy (non-hydrogen) atoms. The van der Waals surface area contributed by atoms with Crippen molar-refractivity contribution in [3.8, 4) is 17.2 Å². The molecule has 1 unspecified atom stereocenters. The van der Waals surface area contributed by atoms with Gasteiger partial charge in [-0.1, -0.05) is 29.8 Å². The van der Waals surface area contributed by atoms with Crippen molar-refractivity contribution in [3.63, 3.8) is 0 Å². The minimum Gasteiger partial charge on any atom is -0.507 e. The molecule has 9 nitrogen and oxygen atoms in total. The summed E-state index contributed by atoms with van der Waals surface area (Å²) in [5.41, 5.74) is 2.35. The second-order valence-corrected chi connectivity index (χ2v) is 9.86. The number of aliphatic carboxylic acids is 1. The highest BCUT2D eigenvalue weighted by Gasteiger charge is 2.33. The third kappa shape index (κ3) is 5.43. The van der Waals surface area contributed by atoms with Crippen LogP contribution in [0.4, 0.5) is 0 Å². The summed E-state index contributed by atoms with van der Waals surface area (Å²) in [6.45, 7) is 4.81. The van der Waals surface area contributed by atoms with Gasteiger partial charge in [0.05, 0.1) is 13.3 Å². The van der Waals surface area contributed by atoms with Crippen molar-refractivity contribution in [1.29, 1.82) is 0 Å². The normalized spacial score (nSPS) is 15.8. The van der Waals surface area contributed by atoms with Gasteiger partial charge in [-0.15, -0.1) is 0 Å². The predicted molar refractivity (Wildman–Crippen MR) is 124 cm³/mol. The van der Waals surface area contributed by atoms with Crippen LogP contribution in [0.25, 0.3) is 0 Å². The Morgan fingerprint density at radius 1 is 1.29 bits per heavy atom. The number of phenolic OH excluding ortho intramolecular Hbond substituents is 1. The zero-order valence-electron chi connectivity index (χ0n) is 19.4. The minimum absolute atomic E-state index is 0.0676. The number of aromatic hydroxyl groups is 1. The third-order valence-corrected chi connectivity index (χ3v) is 7.41. The van der Waals surface area contributed by atoms with E-state index in [0.717, 1.165) is 0 Å². The number of cyclic esters (lactones) is 1. The molecule has 0 bridgehead atoms. The fraction of sp³-hybridized carbons (Fsp3) is 0.333. The Kier molecular flexibility index (Phi) is 7.69. The van der Waals surface area contributed by atoms with Gasteiger partial charge in [-0.2, -0.15) is 0 Å². The first kappa shape index (κ1) is 25.3. The van der Waals surface area contributed by atoms with Crippen molar-refractivity contribution < 1.29 is 42.9 Å². The lowest BCUT2D eigenvalue weighted by molar-refractivity contribution is -0.144. The fourth-order valence-corrected chi connectivity index (χ4v) is 5.63. The second-order valence-electron chi connectivity index (χ2n) is 7.93. The van der Waals surface area contributed by atoms with E-state index in [9.17, 15) is 24.4 Å². The highest BCUT2D eigenvalue weighted by atomic mass is 31.2. The van der Waals surface area contributed by atoms with Crippen LogP contribution in [0.3, 0.4) is 0 Å². The Morgan fingerprint density at radius 2 is 1.97 bits per heavy atom. The molecule has 0 spiro atoms. The molecule has 0 fully saturated rings. The van der Waals surface area contributed by atoms with E-state index < -0.39 is 25.6 Å². The van der Waals surface area contributed by atoms with Crippen molar-refractivity contribution in [2.75, 3.05) is 13.3 Å². The van der Waals surface area contributed by atoms with Crippen molar-refractivity contribution in [2.45, 2.75) is 39.9 Å². The van der Waals surface area contributed by atoms with Crippen molar-refractivity contribution in [2.24, 2.45) is 0 Å². The molecular weight excluding hydrogens is 463 g/mol. The lowest BCUT2D eigenvalue weighted by Gasteiger charge is -2.22. The molecule has 0 saturated heterocycles. The molecule has 2 atom stereocenters. The zero-order chi connectivity index (χ0) is 25.0. The number of carbonyl (C=O) groups excluding carboxylic acids is 1. The number of hydrogen-bond acceptors (Lipinski definition) is 8. The molecule has 2 N–H and O–H groups in total. The van der Waals surface area contributed by atoms with Gasteiger partial charge in [-0.3, -0.25) is 4.52 Å². The Morgan fingerprint density at radius 3 is 2.59 bits per heavy atom. The van der Waals surface area contributed by atoms with Crippen molar-refractivity contribution in [3.05, 3.63) is 64.2 Å². The maximum Gasteiger partial charge on any atom is 0.384 e. The Labute approximate surface area is 197 Å². The lowest BCUT2D eigenvalue weighted by atomic mass is 9.95. The minimum atomic E-state index is -3.91. The molecule has 1 heterocycles. The van der Waals surface area contributed by atoms with E-state index in [0.29, 0.717) is 28.0 Å². The molecule has 3 rings (SSSR count). The standard InChI is InChI=1S/C24H27O9P/c1-14(13-34(29,32-16(3)23(26)27)33-17-8-6-5-7-9-17)10-11-18-21(25)20-19(12-31-24(20)28)15(2)22(18)30-4/h5-10,16,25H,11-13H2,1-4H3,(H,26,27)/b14-10+/t16-,34?/m0/s1. The number of esters is 1.